The molecule has 0 spiro atoms. The van der Waals surface area contributed by atoms with Gasteiger partial charge in [0, 0.05) is 6.07 Å². The molecule has 3 aromatic rings. The maximum atomic E-state index is 12.2. The van der Waals surface area contributed by atoms with Crippen molar-refractivity contribution in [3.63, 3.8) is 0 Å². The third-order valence-corrected chi connectivity index (χ3v) is 3.90. The van der Waals surface area contributed by atoms with Gasteiger partial charge >= 0.3 is 0 Å². The van der Waals surface area contributed by atoms with Crippen molar-refractivity contribution in [3.05, 3.63) is 66.4 Å². The van der Waals surface area contributed by atoms with Gasteiger partial charge in [-0.2, -0.15) is 5.10 Å². The number of aromatic nitrogens is 2. The fraction of sp³-hybridized carbons (Fsp3) is 0.200. The van der Waals surface area contributed by atoms with E-state index in [2.05, 4.69) is 10.4 Å². The number of nitrogens with zero attached hydrogens (tertiary/aromatic N) is 2. The molecule has 0 unspecified atom stereocenters. The summed E-state index contributed by atoms with van der Waals surface area (Å²) in [5, 5.41) is 7.07. The lowest BCUT2D eigenvalue weighted by molar-refractivity contribution is -0.118. The fourth-order valence-corrected chi connectivity index (χ4v) is 2.53. The average molecular weight is 367 g/mol. The zero-order valence-electron chi connectivity index (χ0n) is 15.2. The van der Waals surface area contributed by atoms with Crippen molar-refractivity contribution in [1.29, 1.82) is 0 Å². The molecular formula is C20H21N3O4. The molecule has 0 saturated carbocycles. The van der Waals surface area contributed by atoms with Crippen molar-refractivity contribution in [2.24, 2.45) is 0 Å². The summed E-state index contributed by atoms with van der Waals surface area (Å²) in [6.07, 6.45) is 1.64. The summed E-state index contributed by atoms with van der Waals surface area (Å²) >= 11 is 0. The molecule has 0 radical (unpaired) electrons. The minimum absolute atomic E-state index is 0.131. The maximum absolute atomic E-state index is 12.2. The Labute approximate surface area is 157 Å². The van der Waals surface area contributed by atoms with Crippen LogP contribution in [0.2, 0.25) is 0 Å². The molecule has 7 heteroatoms. The summed E-state index contributed by atoms with van der Waals surface area (Å²) < 4.78 is 17.6. The quantitative estimate of drug-likeness (QED) is 0.663. The highest BCUT2D eigenvalue weighted by Crippen LogP contribution is 2.25. The van der Waals surface area contributed by atoms with E-state index in [1.54, 1.807) is 43.3 Å². The fourth-order valence-electron chi connectivity index (χ4n) is 2.53. The van der Waals surface area contributed by atoms with Gasteiger partial charge in [-0.3, -0.25) is 4.79 Å². The minimum Gasteiger partial charge on any atom is -0.497 e. The van der Waals surface area contributed by atoms with Crippen LogP contribution in [0, 0.1) is 0 Å². The molecule has 1 amide bonds. The Bertz CT molecular complexity index is 890. The van der Waals surface area contributed by atoms with Crippen molar-refractivity contribution >= 4 is 11.7 Å². The molecule has 0 aliphatic rings. The normalized spacial score (nSPS) is 10.3. The molecule has 0 saturated heterocycles. The first-order chi connectivity index (χ1) is 13.2. The smallest absolute Gasteiger partial charge is 0.263 e. The number of rotatable bonds is 8. The molecule has 1 heterocycles. The van der Waals surface area contributed by atoms with Crippen LogP contribution in [-0.2, 0) is 11.3 Å². The van der Waals surface area contributed by atoms with E-state index in [-0.39, 0.29) is 12.5 Å². The number of benzene rings is 2. The summed E-state index contributed by atoms with van der Waals surface area (Å²) in [5.74, 6) is 2.20. The van der Waals surface area contributed by atoms with E-state index in [9.17, 15) is 4.79 Å². The monoisotopic (exact) mass is 367 g/mol. The van der Waals surface area contributed by atoms with Crippen molar-refractivity contribution < 1.29 is 19.0 Å². The summed E-state index contributed by atoms with van der Waals surface area (Å²) in [6.45, 7) is 0.397. The highest BCUT2D eigenvalue weighted by atomic mass is 16.5. The van der Waals surface area contributed by atoms with Crippen molar-refractivity contribution in [1.82, 2.24) is 9.78 Å². The van der Waals surface area contributed by atoms with Crippen LogP contribution in [0.4, 0.5) is 5.82 Å². The van der Waals surface area contributed by atoms with E-state index in [4.69, 9.17) is 14.2 Å². The molecule has 0 bridgehead atoms. The number of hydrogen-bond acceptors (Lipinski definition) is 5. The molecule has 0 aliphatic carbocycles. The summed E-state index contributed by atoms with van der Waals surface area (Å²) in [6, 6.07) is 16.6. The number of methoxy groups -OCH3 is 2. The lowest BCUT2D eigenvalue weighted by Gasteiger charge is -2.12. The number of ether oxygens (including phenoxy) is 3. The first-order valence-electron chi connectivity index (χ1n) is 8.40. The van der Waals surface area contributed by atoms with E-state index in [1.165, 1.54) is 0 Å². The van der Waals surface area contributed by atoms with E-state index in [1.807, 2.05) is 36.4 Å². The van der Waals surface area contributed by atoms with Crippen LogP contribution in [0.1, 0.15) is 5.56 Å². The summed E-state index contributed by atoms with van der Waals surface area (Å²) in [5.41, 5.74) is 1.04. The molecule has 140 valence electrons. The topological polar surface area (TPSA) is 74.6 Å². The SMILES string of the molecule is COc1ccc(Cn2nccc2NC(=O)COc2ccccc2OC)cc1. The van der Waals surface area contributed by atoms with Gasteiger partial charge in [0.15, 0.2) is 18.1 Å². The zero-order chi connectivity index (χ0) is 19.1. The van der Waals surface area contributed by atoms with Crippen molar-refractivity contribution in [2.75, 3.05) is 26.1 Å². The Hall–Kier alpha value is -3.48. The third-order valence-electron chi connectivity index (χ3n) is 3.90. The van der Waals surface area contributed by atoms with Gasteiger partial charge in [-0.15, -0.1) is 0 Å². The third kappa shape index (κ3) is 4.78. The van der Waals surface area contributed by atoms with Crippen molar-refractivity contribution in [3.8, 4) is 17.2 Å². The van der Waals surface area contributed by atoms with E-state index < -0.39 is 0 Å². The van der Waals surface area contributed by atoms with Crippen LogP contribution in [0.25, 0.3) is 0 Å². The van der Waals surface area contributed by atoms with Gasteiger partial charge in [0.2, 0.25) is 0 Å². The van der Waals surface area contributed by atoms with Gasteiger partial charge < -0.3 is 19.5 Å². The largest absolute Gasteiger partial charge is 0.497 e. The van der Waals surface area contributed by atoms with Gasteiger partial charge in [-0.1, -0.05) is 24.3 Å². The van der Waals surface area contributed by atoms with Crippen LogP contribution in [0.3, 0.4) is 0 Å². The Morgan fingerprint density at radius 2 is 1.74 bits per heavy atom. The van der Waals surface area contributed by atoms with Crippen LogP contribution < -0.4 is 19.5 Å². The second kappa shape index (κ2) is 8.75. The van der Waals surface area contributed by atoms with E-state index in [0.717, 1.165) is 11.3 Å². The second-order valence-corrected chi connectivity index (χ2v) is 5.71. The predicted molar refractivity (Wildman–Crippen MR) is 101 cm³/mol. The molecule has 0 aliphatic heterocycles. The Kier molecular flexibility index (Phi) is 5.94. The minimum atomic E-state index is -0.280. The number of carbonyl (C=O) groups excluding carboxylic acids is 1. The lowest BCUT2D eigenvalue weighted by atomic mass is 10.2. The number of carbonyl (C=O) groups is 1. The number of amides is 1. The Morgan fingerprint density at radius 1 is 1.00 bits per heavy atom. The van der Waals surface area contributed by atoms with E-state index >= 15 is 0 Å². The molecule has 1 aromatic heterocycles. The van der Waals surface area contributed by atoms with Gasteiger partial charge in [-0.25, -0.2) is 4.68 Å². The molecular weight excluding hydrogens is 346 g/mol. The van der Waals surface area contributed by atoms with Gasteiger partial charge in [0.1, 0.15) is 11.6 Å². The predicted octanol–water partition coefficient (Wildman–Crippen LogP) is 2.97. The molecule has 27 heavy (non-hydrogen) atoms. The average Bonchev–Trinajstić information content (AvgIpc) is 3.13. The van der Waals surface area contributed by atoms with Crippen molar-refractivity contribution in [2.45, 2.75) is 6.54 Å². The molecule has 7 nitrogen and oxygen atoms in total. The van der Waals surface area contributed by atoms with Crippen LogP contribution >= 0.6 is 0 Å². The van der Waals surface area contributed by atoms with Gasteiger partial charge in [-0.05, 0) is 29.8 Å². The Morgan fingerprint density at radius 3 is 2.44 bits per heavy atom. The number of para-hydroxylation sites is 2. The van der Waals surface area contributed by atoms with Gasteiger partial charge in [0.25, 0.3) is 5.91 Å². The molecule has 0 atom stereocenters. The van der Waals surface area contributed by atoms with Crippen LogP contribution in [0.5, 0.6) is 17.2 Å². The summed E-state index contributed by atoms with van der Waals surface area (Å²) in [4.78, 5) is 12.2. The second-order valence-electron chi connectivity index (χ2n) is 5.71. The van der Waals surface area contributed by atoms with Crippen LogP contribution in [0.15, 0.2) is 60.8 Å². The molecule has 0 fully saturated rings. The highest BCUT2D eigenvalue weighted by molar-refractivity contribution is 5.91. The Balaban J connectivity index is 1.59. The first kappa shape index (κ1) is 18.3. The number of hydrogen-bond donors (Lipinski definition) is 1. The van der Waals surface area contributed by atoms with E-state index in [0.29, 0.717) is 23.9 Å². The molecule has 2 aromatic carbocycles. The zero-order valence-corrected chi connectivity index (χ0v) is 15.2. The maximum Gasteiger partial charge on any atom is 0.263 e. The highest BCUT2D eigenvalue weighted by Gasteiger charge is 2.10. The van der Waals surface area contributed by atoms with Crippen LogP contribution in [-0.4, -0.2) is 36.5 Å². The lowest BCUT2D eigenvalue weighted by Crippen LogP contribution is -2.22. The molecule has 1 N–H and O–H groups in total. The number of nitrogens with one attached hydrogen (secondary N) is 1. The standard InChI is InChI=1S/C20H21N3O4/c1-25-16-9-7-15(8-10-16)13-23-19(11-12-21-23)22-20(24)14-27-18-6-4-3-5-17(18)26-2/h3-12H,13-14H2,1-2H3,(H,22,24). The van der Waals surface area contributed by atoms with Gasteiger partial charge in [0.05, 0.1) is 27.0 Å². The number of anilines is 1. The first-order valence-corrected chi connectivity index (χ1v) is 8.40. The molecule has 3 rings (SSSR count). The summed E-state index contributed by atoms with van der Waals surface area (Å²) in [7, 11) is 3.18.